The van der Waals surface area contributed by atoms with E-state index in [2.05, 4.69) is 15.6 Å². The first-order valence-corrected chi connectivity index (χ1v) is 7.04. The standard InChI is InChI=1S/C14H13Cl2F2N3/c1-2-19-13-9(15)6-10(16)14(21-13)20-7-8-3-4-11(17)12(18)5-8/h3-6H,2,7H2,1H3,(H2,19,20,21). The molecular weight excluding hydrogens is 319 g/mol. The maximum absolute atomic E-state index is 13.1. The molecule has 21 heavy (non-hydrogen) atoms. The fourth-order valence-electron chi connectivity index (χ4n) is 1.72. The number of nitrogens with one attached hydrogen (secondary N) is 2. The van der Waals surface area contributed by atoms with Gasteiger partial charge in [0.05, 0.1) is 10.0 Å². The lowest BCUT2D eigenvalue weighted by Gasteiger charge is -2.12. The fraction of sp³-hybridized carbons (Fsp3) is 0.214. The van der Waals surface area contributed by atoms with Gasteiger partial charge in [-0.3, -0.25) is 0 Å². The van der Waals surface area contributed by atoms with Crippen LogP contribution in [0.5, 0.6) is 0 Å². The molecule has 0 spiro atoms. The Morgan fingerprint density at radius 1 is 1.00 bits per heavy atom. The minimum atomic E-state index is -0.891. The van der Waals surface area contributed by atoms with Crippen LogP contribution in [-0.2, 0) is 6.54 Å². The summed E-state index contributed by atoms with van der Waals surface area (Å²) in [5.41, 5.74) is 0.576. The van der Waals surface area contributed by atoms with Gasteiger partial charge in [-0.25, -0.2) is 13.8 Å². The van der Waals surface area contributed by atoms with Crippen LogP contribution in [0.4, 0.5) is 20.4 Å². The van der Waals surface area contributed by atoms with Crippen LogP contribution in [0.25, 0.3) is 0 Å². The summed E-state index contributed by atoms with van der Waals surface area (Å²) in [7, 11) is 0. The third-order valence-corrected chi connectivity index (χ3v) is 3.29. The van der Waals surface area contributed by atoms with Gasteiger partial charge in [-0.2, -0.15) is 0 Å². The second-order valence-electron chi connectivity index (χ2n) is 4.28. The highest BCUT2D eigenvalue weighted by Crippen LogP contribution is 2.29. The zero-order valence-electron chi connectivity index (χ0n) is 11.2. The summed E-state index contributed by atoms with van der Waals surface area (Å²) in [6, 6.07) is 5.26. The monoisotopic (exact) mass is 331 g/mol. The number of rotatable bonds is 5. The van der Waals surface area contributed by atoms with Crippen LogP contribution in [0.1, 0.15) is 12.5 Å². The van der Waals surface area contributed by atoms with Crippen molar-refractivity contribution in [3.05, 3.63) is 51.5 Å². The number of hydrogen-bond donors (Lipinski definition) is 2. The van der Waals surface area contributed by atoms with Gasteiger partial charge in [0.15, 0.2) is 11.6 Å². The highest BCUT2D eigenvalue weighted by molar-refractivity contribution is 6.37. The summed E-state index contributed by atoms with van der Waals surface area (Å²) in [6.07, 6.45) is 0. The molecule has 1 heterocycles. The van der Waals surface area contributed by atoms with Gasteiger partial charge in [0.1, 0.15) is 11.6 Å². The lowest BCUT2D eigenvalue weighted by atomic mass is 10.2. The molecule has 1 aromatic heterocycles. The summed E-state index contributed by atoms with van der Waals surface area (Å²) < 4.78 is 26.0. The van der Waals surface area contributed by atoms with E-state index in [4.69, 9.17) is 23.2 Å². The van der Waals surface area contributed by atoms with Crippen molar-refractivity contribution in [2.45, 2.75) is 13.5 Å². The molecule has 0 aliphatic carbocycles. The quantitative estimate of drug-likeness (QED) is 0.833. The van der Waals surface area contributed by atoms with Crippen LogP contribution >= 0.6 is 23.2 Å². The molecule has 0 aliphatic rings. The SMILES string of the molecule is CCNc1nc(NCc2ccc(F)c(F)c2)c(Cl)cc1Cl. The van der Waals surface area contributed by atoms with Gasteiger partial charge in [-0.15, -0.1) is 0 Å². The van der Waals surface area contributed by atoms with Crippen LogP contribution in [-0.4, -0.2) is 11.5 Å². The normalized spacial score (nSPS) is 10.5. The Labute approximate surface area is 131 Å². The highest BCUT2D eigenvalue weighted by Gasteiger charge is 2.09. The Morgan fingerprint density at radius 3 is 2.29 bits per heavy atom. The van der Waals surface area contributed by atoms with E-state index in [0.29, 0.717) is 33.8 Å². The molecule has 3 nitrogen and oxygen atoms in total. The Hall–Kier alpha value is -1.59. The van der Waals surface area contributed by atoms with Crippen molar-refractivity contribution in [3.63, 3.8) is 0 Å². The lowest BCUT2D eigenvalue weighted by molar-refractivity contribution is 0.507. The largest absolute Gasteiger partial charge is 0.369 e. The van der Waals surface area contributed by atoms with E-state index in [9.17, 15) is 8.78 Å². The maximum atomic E-state index is 13.1. The first kappa shape index (κ1) is 15.8. The van der Waals surface area contributed by atoms with Crippen molar-refractivity contribution < 1.29 is 8.78 Å². The van der Waals surface area contributed by atoms with Crippen LogP contribution in [0.2, 0.25) is 10.0 Å². The van der Waals surface area contributed by atoms with Crippen molar-refractivity contribution in [3.8, 4) is 0 Å². The predicted molar refractivity (Wildman–Crippen MR) is 82.1 cm³/mol. The Kier molecular flexibility index (Phi) is 5.20. The summed E-state index contributed by atoms with van der Waals surface area (Å²) >= 11 is 12.1. The van der Waals surface area contributed by atoms with Gasteiger partial charge in [0.2, 0.25) is 0 Å². The second kappa shape index (κ2) is 6.91. The summed E-state index contributed by atoms with van der Waals surface area (Å²) in [4.78, 5) is 4.26. The molecule has 0 saturated heterocycles. The first-order valence-electron chi connectivity index (χ1n) is 6.29. The number of anilines is 2. The molecule has 7 heteroatoms. The number of aromatic nitrogens is 1. The molecule has 0 fully saturated rings. The van der Waals surface area contributed by atoms with Crippen LogP contribution in [0, 0.1) is 11.6 Å². The summed E-state index contributed by atoms with van der Waals surface area (Å²) in [5, 5.41) is 6.75. The number of nitrogens with zero attached hydrogens (tertiary/aromatic N) is 1. The molecule has 0 amide bonds. The first-order chi connectivity index (χ1) is 10.0. The Morgan fingerprint density at radius 2 is 1.67 bits per heavy atom. The van der Waals surface area contributed by atoms with E-state index < -0.39 is 11.6 Å². The van der Waals surface area contributed by atoms with E-state index in [1.165, 1.54) is 6.07 Å². The molecule has 0 radical (unpaired) electrons. The van der Waals surface area contributed by atoms with Crippen molar-refractivity contribution in [1.82, 2.24) is 4.98 Å². The number of pyridine rings is 1. The van der Waals surface area contributed by atoms with Gasteiger partial charge in [0.25, 0.3) is 0 Å². The molecule has 2 rings (SSSR count). The fourth-order valence-corrected chi connectivity index (χ4v) is 2.21. The van der Waals surface area contributed by atoms with Crippen LogP contribution < -0.4 is 10.6 Å². The molecule has 2 aromatic rings. The number of benzene rings is 1. The average molecular weight is 332 g/mol. The van der Waals surface area contributed by atoms with E-state index in [1.807, 2.05) is 6.92 Å². The zero-order chi connectivity index (χ0) is 15.4. The second-order valence-corrected chi connectivity index (χ2v) is 5.10. The third-order valence-electron chi connectivity index (χ3n) is 2.72. The van der Waals surface area contributed by atoms with E-state index in [1.54, 1.807) is 6.07 Å². The lowest BCUT2D eigenvalue weighted by Crippen LogP contribution is -2.06. The topological polar surface area (TPSA) is 37.0 Å². The van der Waals surface area contributed by atoms with Crippen molar-refractivity contribution in [2.24, 2.45) is 0 Å². The third kappa shape index (κ3) is 3.95. The summed E-state index contributed by atoms with van der Waals surface area (Å²) in [5.74, 6) is -0.841. The van der Waals surface area contributed by atoms with Crippen LogP contribution in [0.15, 0.2) is 24.3 Å². The van der Waals surface area contributed by atoms with Crippen LogP contribution in [0.3, 0.4) is 0 Å². The molecule has 2 N–H and O–H groups in total. The van der Waals surface area contributed by atoms with Crippen molar-refractivity contribution in [1.29, 1.82) is 0 Å². The minimum Gasteiger partial charge on any atom is -0.369 e. The maximum Gasteiger partial charge on any atom is 0.159 e. The van der Waals surface area contributed by atoms with Gasteiger partial charge in [-0.05, 0) is 30.7 Å². The van der Waals surface area contributed by atoms with Gasteiger partial charge < -0.3 is 10.6 Å². The molecule has 1 aromatic carbocycles. The average Bonchev–Trinajstić information content (AvgIpc) is 2.44. The Balaban J connectivity index is 2.15. The van der Waals surface area contributed by atoms with Crippen molar-refractivity contribution >= 4 is 34.8 Å². The zero-order valence-corrected chi connectivity index (χ0v) is 12.7. The molecule has 0 saturated carbocycles. The molecule has 0 unspecified atom stereocenters. The minimum absolute atomic E-state index is 0.261. The van der Waals surface area contributed by atoms with Gasteiger partial charge in [-0.1, -0.05) is 29.3 Å². The highest BCUT2D eigenvalue weighted by atomic mass is 35.5. The molecule has 0 aliphatic heterocycles. The number of halogens is 4. The van der Waals surface area contributed by atoms with E-state index >= 15 is 0 Å². The number of hydrogen-bond acceptors (Lipinski definition) is 3. The predicted octanol–water partition coefficient (Wildman–Crippen LogP) is 4.71. The van der Waals surface area contributed by atoms with Gasteiger partial charge >= 0.3 is 0 Å². The smallest absolute Gasteiger partial charge is 0.159 e. The van der Waals surface area contributed by atoms with E-state index in [-0.39, 0.29) is 6.54 Å². The van der Waals surface area contributed by atoms with Gasteiger partial charge in [0, 0.05) is 13.1 Å². The molecule has 0 atom stereocenters. The van der Waals surface area contributed by atoms with E-state index in [0.717, 1.165) is 12.1 Å². The molecule has 112 valence electrons. The molecule has 0 bridgehead atoms. The van der Waals surface area contributed by atoms with Crippen molar-refractivity contribution in [2.75, 3.05) is 17.2 Å². The molecular formula is C14H13Cl2F2N3. The summed E-state index contributed by atoms with van der Waals surface area (Å²) in [6.45, 7) is 2.84. The Bertz CT molecular complexity index is 650.